The van der Waals surface area contributed by atoms with E-state index in [0.717, 1.165) is 18.2 Å². The molecule has 0 fully saturated rings. The van der Waals surface area contributed by atoms with Crippen molar-refractivity contribution in [3.05, 3.63) is 33.9 Å². The molecule has 0 unspecified atom stereocenters. The van der Waals surface area contributed by atoms with Crippen molar-refractivity contribution < 1.29 is 23.2 Å². The zero-order valence-corrected chi connectivity index (χ0v) is 8.15. The largest absolute Gasteiger partial charge is 0.490 e. The summed E-state index contributed by atoms with van der Waals surface area (Å²) in [6.45, 7) is 0. The highest BCUT2D eigenvalue weighted by Gasteiger charge is 2.22. The monoisotopic (exact) mass is 231 g/mol. The molecule has 0 N–H and O–H groups in total. The summed E-state index contributed by atoms with van der Waals surface area (Å²) in [5.41, 5.74) is -0.934. The molecule has 0 aliphatic carbocycles. The molecule has 0 atom stereocenters. The fraction of sp³-hybridized carbons (Fsp3) is 0.222. The molecule has 1 aromatic carbocycles. The minimum atomic E-state index is -3.19. The predicted octanol–water partition coefficient (Wildman–Crippen LogP) is 2.05. The summed E-state index contributed by atoms with van der Waals surface area (Å²) in [6, 6.07) is 2.93. The van der Waals surface area contributed by atoms with E-state index in [-0.39, 0.29) is 5.75 Å². The van der Waals surface area contributed by atoms with Crippen molar-refractivity contribution in [2.24, 2.45) is 0 Å². The van der Waals surface area contributed by atoms with E-state index in [0.29, 0.717) is 0 Å². The van der Waals surface area contributed by atoms with Crippen molar-refractivity contribution in [3.8, 4) is 5.75 Å². The van der Waals surface area contributed by atoms with Crippen LogP contribution in [0.15, 0.2) is 18.2 Å². The van der Waals surface area contributed by atoms with E-state index in [1.165, 1.54) is 7.11 Å². The first kappa shape index (κ1) is 12.0. The molecule has 0 bridgehead atoms. The van der Waals surface area contributed by atoms with Gasteiger partial charge in [0.05, 0.1) is 12.0 Å². The number of nitro benzene ring substituents is 1. The van der Waals surface area contributed by atoms with E-state index in [2.05, 4.69) is 4.74 Å². The normalized spacial score (nSPS) is 10.2. The molecule has 0 radical (unpaired) electrons. The number of hydrogen-bond donors (Lipinski definition) is 0. The van der Waals surface area contributed by atoms with Gasteiger partial charge in [0.15, 0.2) is 5.75 Å². The van der Waals surface area contributed by atoms with Crippen molar-refractivity contribution in [1.29, 1.82) is 0 Å². The molecule has 16 heavy (non-hydrogen) atoms. The van der Waals surface area contributed by atoms with Gasteiger partial charge in [0, 0.05) is 11.6 Å². The van der Waals surface area contributed by atoms with Crippen LogP contribution in [-0.4, -0.2) is 24.2 Å². The average Bonchev–Trinajstić information content (AvgIpc) is 2.26. The van der Waals surface area contributed by atoms with E-state index in [1.54, 1.807) is 0 Å². The summed E-state index contributed by atoms with van der Waals surface area (Å²) in [6.07, 6.45) is -3.19. The minimum absolute atomic E-state index is 0.0872. The summed E-state index contributed by atoms with van der Waals surface area (Å²) >= 11 is 0. The molecular formula is C9H7F2NO4. The molecule has 7 heteroatoms. The smallest absolute Gasteiger partial charge is 0.311 e. The number of hydrogen-bond acceptors (Lipinski definition) is 4. The first-order valence-corrected chi connectivity index (χ1v) is 4.12. The van der Waals surface area contributed by atoms with Crippen LogP contribution in [0.2, 0.25) is 0 Å². The highest BCUT2D eigenvalue weighted by Crippen LogP contribution is 2.28. The number of methoxy groups -OCH3 is 1. The van der Waals surface area contributed by atoms with Gasteiger partial charge in [0.2, 0.25) is 5.78 Å². The Bertz CT molecular complexity index is 434. The van der Waals surface area contributed by atoms with Crippen LogP contribution >= 0.6 is 0 Å². The standard InChI is InChI=1S/C9H7F2NO4/c1-16-7-3-2-5(8(13)9(10)11)4-6(7)12(14)15/h2-4,9H,1H3. The highest BCUT2D eigenvalue weighted by molar-refractivity contribution is 5.99. The number of carbonyl (C=O) groups excluding carboxylic acids is 1. The third kappa shape index (κ3) is 2.30. The van der Waals surface area contributed by atoms with Gasteiger partial charge in [-0.3, -0.25) is 14.9 Å². The molecule has 5 nitrogen and oxygen atoms in total. The number of halogens is 2. The number of ketones is 1. The maximum atomic E-state index is 12.1. The van der Waals surface area contributed by atoms with Crippen LogP contribution in [0.4, 0.5) is 14.5 Å². The molecule has 0 spiro atoms. The Kier molecular flexibility index (Phi) is 3.49. The first-order chi connectivity index (χ1) is 7.47. The second-order valence-corrected chi connectivity index (χ2v) is 2.81. The van der Waals surface area contributed by atoms with Crippen molar-refractivity contribution in [3.63, 3.8) is 0 Å². The van der Waals surface area contributed by atoms with Gasteiger partial charge >= 0.3 is 12.1 Å². The quantitative estimate of drug-likeness (QED) is 0.451. The molecule has 0 heterocycles. The molecular weight excluding hydrogens is 224 g/mol. The van der Waals surface area contributed by atoms with E-state index >= 15 is 0 Å². The summed E-state index contributed by atoms with van der Waals surface area (Å²) in [5.74, 6) is -1.54. The Morgan fingerprint density at radius 2 is 2.12 bits per heavy atom. The van der Waals surface area contributed by atoms with Gasteiger partial charge in [-0.15, -0.1) is 0 Å². The lowest BCUT2D eigenvalue weighted by atomic mass is 10.1. The SMILES string of the molecule is COc1ccc(C(=O)C(F)F)cc1[N+](=O)[O-]. The third-order valence-electron chi connectivity index (χ3n) is 1.86. The maximum Gasteiger partial charge on any atom is 0.311 e. The Labute approximate surface area is 88.8 Å². The van der Waals surface area contributed by atoms with Crippen LogP contribution in [-0.2, 0) is 0 Å². The van der Waals surface area contributed by atoms with Crippen molar-refractivity contribution in [1.82, 2.24) is 0 Å². The van der Waals surface area contributed by atoms with Crippen LogP contribution < -0.4 is 4.74 Å². The van der Waals surface area contributed by atoms with Crippen LogP contribution in [0.3, 0.4) is 0 Å². The molecule has 0 aliphatic heterocycles. The predicted molar refractivity (Wildman–Crippen MR) is 50.0 cm³/mol. The Morgan fingerprint density at radius 1 is 1.50 bits per heavy atom. The number of Topliss-reactive ketones (excluding diaryl/α,β-unsaturated/α-hetero) is 1. The Balaban J connectivity index is 3.22. The van der Waals surface area contributed by atoms with E-state index in [4.69, 9.17) is 0 Å². The van der Waals surface area contributed by atoms with E-state index in [1.807, 2.05) is 0 Å². The lowest BCUT2D eigenvalue weighted by Gasteiger charge is -2.03. The molecule has 0 saturated carbocycles. The van der Waals surface area contributed by atoms with E-state index < -0.39 is 28.4 Å². The topological polar surface area (TPSA) is 69.4 Å². The Hall–Kier alpha value is -2.05. The summed E-state index contributed by atoms with van der Waals surface area (Å²) in [4.78, 5) is 20.7. The number of rotatable bonds is 4. The number of nitrogens with zero attached hydrogens (tertiary/aromatic N) is 1. The fourth-order valence-electron chi connectivity index (χ4n) is 1.11. The molecule has 0 amide bonds. The van der Waals surface area contributed by atoms with Crippen molar-refractivity contribution in [2.75, 3.05) is 7.11 Å². The average molecular weight is 231 g/mol. The van der Waals surface area contributed by atoms with Gasteiger partial charge in [0.25, 0.3) is 0 Å². The van der Waals surface area contributed by atoms with Gasteiger partial charge < -0.3 is 4.74 Å². The second kappa shape index (κ2) is 4.65. The van der Waals surface area contributed by atoms with Crippen LogP contribution in [0.25, 0.3) is 0 Å². The van der Waals surface area contributed by atoms with Crippen LogP contribution in [0, 0.1) is 10.1 Å². The van der Waals surface area contributed by atoms with Crippen molar-refractivity contribution >= 4 is 11.5 Å². The number of benzene rings is 1. The summed E-state index contributed by atoms with van der Waals surface area (Å²) in [7, 11) is 1.21. The van der Waals surface area contributed by atoms with Gasteiger partial charge in [-0.05, 0) is 12.1 Å². The van der Waals surface area contributed by atoms with Crippen molar-refractivity contribution in [2.45, 2.75) is 6.43 Å². The molecule has 1 aromatic rings. The number of carbonyl (C=O) groups is 1. The van der Waals surface area contributed by atoms with Gasteiger partial charge in [-0.2, -0.15) is 0 Å². The summed E-state index contributed by atoms with van der Waals surface area (Å²) in [5, 5.41) is 10.6. The number of ether oxygens (including phenoxy) is 1. The second-order valence-electron chi connectivity index (χ2n) is 2.81. The number of alkyl halides is 2. The third-order valence-corrected chi connectivity index (χ3v) is 1.86. The fourth-order valence-corrected chi connectivity index (χ4v) is 1.11. The van der Waals surface area contributed by atoms with E-state index in [9.17, 15) is 23.7 Å². The maximum absolute atomic E-state index is 12.1. The lowest BCUT2D eigenvalue weighted by molar-refractivity contribution is -0.385. The number of nitro groups is 1. The van der Waals surface area contributed by atoms with Gasteiger partial charge in [-0.25, -0.2) is 8.78 Å². The zero-order valence-electron chi connectivity index (χ0n) is 8.15. The Morgan fingerprint density at radius 3 is 2.56 bits per heavy atom. The summed E-state index contributed by atoms with van der Waals surface area (Å²) < 4.78 is 28.8. The minimum Gasteiger partial charge on any atom is -0.490 e. The molecule has 1 rings (SSSR count). The molecule has 0 aliphatic rings. The van der Waals surface area contributed by atoms with Crippen LogP contribution in [0.1, 0.15) is 10.4 Å². The molecule has 0 aromatic heterocycles. The van der Waals surface area contributed by atoms with Gasteiger partial charge in [-0.1, -0.05) is 0 Å². The van der Waals surface area contributed by atoms with Gasteiger partial charge in [0.1, 0.15) is 0 Å². The first-order valence-electron chi connectivity index (χ1n) is 4.12. The molecule has 86 valence electrons. The highest BCUT2D eigenvalue weighted by atomic mass is 19.3. The zero-order chi connectivity index (χ0) is 12.3. The lowest BCUT2D eigenvalue weighted by Crippen LogP contribution is -2.10. The van der Waals surface area contributed by atoms with Crippen LogP contribution in [0.5, 0.6) is 5.75 Å². The molecule has 0 saturated heterocycles.